The van der Waals surface area contributed by atoms with Crippen LogP contribution in [0.3, 0.4) is 0 Å². The summed E-state index contributed by atoms with van der Waals surface area (Å²) in [6.07, 6.45) is 7.69. The molecule has 0 amide bonds. The Morgan fingerprint density at radius 1 is 1.33 bits per heavy atom. The maximum absolute atomic E-state index is 4.43. The van der Waals surface area contributed by atoms with E-state index in [2.05, 4.69) is 41.0 Å². The van der Waals surface area contributed by atoms with Gasteiger partial charge in [0.15, 0.2) is 0 Å². The second-order valence-corrected chi connectivity index (χ2v) is 7.38. The van der Waals surface area contributed by atoms with Crippen LogP contribution < -0.4 is 5.32 Å². The van der Waals surface area contributed by atoms with Crippen LogP contribution in [0, 0.1) is 11.8 Å². The van der Waals surface area contributed by atoms with Gasteiger partial charge in [-0.2, -0.15) is 0 Å². The summed E-state index contributed by atoms with van der Waals surface area (Å²) in [5.74, 6) is 2.53. The van der Waals surface area contributed by atoms with Crippen molar-refractivity contribution in [2.45, 2.75) is 58.2 Å². The van der Waals surface area contributed by atoms with E-state index in [0.29, 0.717) is 6.04 Å². The number of aromatic nitrogens is 2. The van der Waals surface area contributed by atoms with Gasteiger partial charge in [0, 0.05) is 37.1 Å². The topological polar surface area (TPSA) is 41.1 Å². The van der Waals surface area contributed by atoms with Gasteiger partial charge in [0.1, 0.15) is 5.82 Å². The lowest BCUT2D eigenvalue weighted by Crippen LogP contribution is -2.64. The highest BCUT2D eigenvalue weighted by atomic mass is 15.3. The predicted molar refractivity (Wildman–Crippen MR) is 84.8 cm³/mol. The van der Waals surface area contributed by atoms with Crippen LogP contribution in [0.4, 0.5) is 0 Å². The van der Waals surface area contributed by atoms with Crippen molar-refractivity contribution in [2.24, 2.45) is 11.8 Å². The number of piperazine rings is 1. The summed E-state index contributed by atoms with van der Waals surface area (Å²) in [6.45, 7) is 10.1. The second-order valence-electron chi connectivity index (χ2n) is 7.38. The fourth-order valence-electron chi connectivity index (χ4n) is 3.66. The fourth-order valence-corrected chi connectivity index (χ4v) is 3.66. The van der Waals surface area contributed by atoms with Gasteiger partial charge in [0.25, 0.3) is 0 Å². The number of nitrogens with zero attached hydrogens (tertiary/aromatic N) is 3. The van der Waals surface area contributed by atoms with Gasteiger partial charge in [-0.05, 0) is 44.1 Å². The third kappa shape index (κ3) is 3.43. The molecule has 0 spiro atoms. The summed E-state index contributed by atoms with van der Waals surface area (Å²) >= 11 is 0. The van der Waals surface area contributed by atoms with Crippen LogP contribution in [0.15, 0.2) is 18.5 Å². The molecule has 0 bridgehead atoms. The Hall–Kier alpha value is -1.00. The molecule has 2 unspecified atom stereocenters. The molecular weight excluding hydrogens is 260 g/mol. The lowest BCUT2D eigenvalue weighted by Gasteiger charge is -2.48. The average molecular weight is 288 g/mol. The first-order valence-corrected chi connectivity index (χ1v) is 8.32. The first-order chi connectivity index (χ1) is 10.1. The standard InChI is InChI=1S/C17H28N4/c1-13(2)9-15-10-21(11-16-18-7-4-8-19-16)17(3,12-20-15)14-5-6-14/h4,7-8,13-15,20H,5-6,9-12H2,1-3H3. The van der Waals surface area contributed by atoms with E-state index in [4.69, 9.17) is 0 Å². The van der Waals surface area contributed by atoms with Gasteiger partial charge in [0.2, 0.25) is 0 Å². The summed E-state index contributed by atoms with van der Waals surface area (Å²) in [7, 11) is 0. The van der Waals surface area contributed by atoms with Gasteiger partial charge >= 0.3 is 0 Å². The Balaban J connectivity index is 1.73. The summed E-state index contributed by atoms with van der Waals surface area (Å²) in [6, 6.07) is 2.49. The van der Waals surface area contributed by atoms with Gasteiger partial charge < -0.3 is 5.32 Å². The molecule has 0 radical (unpaired) electrons. The monoisotopic (exact) mass is 288 g/mol. The Kier molecular flexibility index (Phi) is 4.27. The maximum atomic E-state index is 4.43. The minimum Gasteiger partial charge on any atom is -0.311 e. The van der Waals surface area contributed by atoms with Crippen molar-refractivity contribution in [2.75, 3.05) is 13.1 Å². The minimum absolute atomic E-state index is 0.271. The Morgan fingerprint density at radius 2 is 2.05 bits per heavy atom. The van der Waals surface area contributed by atoms with Crippen LogP contribution in [0.25, 0.3) is 0 Å². The van der Waals surface area contributed by atoms with E-state index in [1.807, 2.05) is 18.5 Å². The largest absolute Gasteiger partial charge is 0.311 e. The molecule has 1 saturated carbocycles. The first-order valence-electron chi connectivity index (χ1n) is 8.32. The quantitative estimate of drug-likeness (QED) is 0.903. The fraction of sp³-hybridized carbons (Fsp3) is 0.765. The highest BCUT2D eigenvalue weighted by molar-refractivity contribution is 5.06. The molecule has 1 aromatic heterocycles. The molecule has 1 saturated heterocycles. The van der Waals surface area contributed by atoms with Crippen LogP contribution in [-0.4, -0.2) is 39.5 Å². The molecule has 2 atom stereocenters. The zero-order valence-corrected chi connectivity index (χ0v) is 13.5. The van der Waals surface area contributed by atoms with Gasteiger partial charge in [-0.1, -0.05) is 13.8 Å². The van der Waals surface area contributed by atoms with Crippen LogP contribution in [0.5, 0.6) is 0 Å². The molecule has 1 aliphatic heterocycles. The van der Waals surface area contributed by atoms with Crippen molar-refractivity contribution >= 4 is 0 Å². The van der Waals surface area contributed by atoms with Gasteiger partial charge in [0.05, 0.1) is 6.54 Å². The minimum atomic E-state index is 0.271. The van der Waals surface area contributed by atoms with E-state index < -0.39 is 0 Å². The summed E-state index contributed by atoms with van der Waals surface area (Å²) in [5.41, 5.74) is 0.271. The normalized spacial score (nSPS) is 30.8. The summed E-state index contributed by atoms with van der Waals surface area (Å²) in [4.78, 5) is 11.5. The average Bonchev–Trinajstić information content (AvgIpc) is 3.28. The van der Waals surface area contributed by atoms with Gasteiger partial charge in [-0.15, -0.1) is 0 Å². The Labute approximate surface area is 128 Å². The third-order valence-electron chi connectivity index (χ3n) is 5.08. The van der Waals surface area contributed by atoms with Crippen molar-refractivity contribution in [3.63, 3.8) is 0 Å². The van der Waals surface area contributed by atoms with E-state index in [1.54, 1.807) is 0 Å². The lowest BCUT2D eigenvalue weighted by atomic mass is 9.88. The van der Waals surface area contributed by atoms with E-state index in [-0.39, 0.29) is 5.54 Å². The van der Waals surface area contributed by atoms with Crippen LogP contribution in [-0.2, 0) is 6.54 Å². The lowest BCUT2D eigenvalue weighted by molar-refractivity contribution is 0.0218. The molecule has 2 heterocycles. The van der Waals surface area contributed by atoms with Crippen LogP contribution in [0.1, 0.15) is 45.9 Å². The number of rotatable bonds is 5. The number of nitrogens with one attached hydrogen (secondary N) is 1. The van der Waals surface area contributed by atoms with E-state index in [9.17, 15) is 0 Å². The highest BCUT2D eigenvalue weighted by Crippen LogP contribution is 2.44. The molecule has 116 valence electrons. The highest BCUT2D eigenvalue weighted by Gasteiger charge is 2.48. The maximum Gasteiger partial charge on any atom is 0.142 e. The molecule has 1 aliphatic carbocycles. The molecular formula is C17H28N4. The number of hydrogen-bond donors (Lipinski definition) is 1. The SMILES string of the molecule is CC(C)CC1CN(Cc2ncccn2)C(C)(C2CC2)CN1. The van der Waals surface area contributed by atoms with Crippen molar-refractivity contribution < 1.29 is 0 Å². The van der Waals surface area contributed by atoms with E-state index in [1.165, 1.54) is 19.3 Å². The molecule has 2 aliphatic rings. The van der Waals surface area contributed by atoms with Gasteiger partial charge in [-0.3, -0.25) is 4.90 Å². The summed E-state index contributed by atoms with van der Waals surface area (Å²) < 4.78 is 0. The predicted octanol–water partition coefficient (Wildman–Crippen LogP) is 2.47. The molecule has 0 aromatic carbocycles. The molecule has 4 heteroatoms. The molecule has 4 nitrogen and oxygen atoms in total. The summed E-state index contributed by atoms with van der Waals surface area (Å²) in [5, 5.41) is 3.80. The van der Waals surface area contributed by atoms with Crippen molar-refractivity contribution in [3.05, 3.63) is 24.3 Å². The number of hydrogen-bond acceptors (Lipinski definition) is 4. The van der Waals surface area contributed by atoms with E-state index in [0.717, 1.165) is 37.3 Å². The smallest absolute Gasteiger partial charge is 0.142 e. The van der Waals surface area contributed by atoms with Crippen LogP contribution in [0.2, 0.25) is 0 Å². The van der Waals surface area contributed by atoms with Crippen LogP contribution >= 0.6 is 0 Å². The zero-order chi connectivity index (χ0) is 14.9. The molecule has 3 rings (SSSR count). The Bertz CT molecular complexity index is 457. The third-order valence-corrected chi connectivity index (χ3v) is 5.08. The second kappa shape index (κ2) is 6.01. The molecule has 1 aromatic rings. The molecule has 21 heavy (non-hydrogen) atoms. The van der Waals surface area contributed by atoms with Crippen molar-refractivity contribution in [1.82, 2.24) is 20.2 Å². The van der Waals surface area contributed by atoms with Gasteiger partial charge in [-0.25, -0.2) is 9.97 Å². The Morgan fingerprint density at radius 3 is 2.67 bits per heavy atom. The first kappa shape index (κ1) is 14.9. The van der Waals surface area contributed by atoms with E-state index >= 15 is 0 Å². The van der Waals surface area contributed by atoms with Crippen molar-refractivity contribution in [3.8, 4) is 0 Å². The molecule has 1 N–H and O–H groups in total. The zero-order valence-electron chi connectivity index (χ0n) is 13.5. The van der Waals surface area contributed by atoms with Crippen molar-refractivity contribution in [1.29, 1.82) is 0 Å². The molecule has 2 fully saturated rings.